The van der Waals surface area contributed by atoms with Crippen LogP contribution in [0.3, 0.4) is 0 Å². The second kappa shape index (κ2) is 9.00. The Morgan fingerprint density at radius 2 is 1.37 bits per heavy atom. The van der Waals surface area contributed by atoms with Gasteiger partial charge in [-0.05, 0) is 49.9 Å². The standard InChI is InChI=1S/C25H30N2O3/c1-18-16-27(17-19(2)30-18)25(29)23-12-14-26(15-13-23)24(28)22-10-8-21(9-11-22)20-6-4-3-5-7-20/h3-11,18-19,23H,12-17H2,1-2H3. The molecule has 0 bridgehead atoms. The average molecular weight is 407 g/mol. The van der Waals surface area contributed by atoms with Crippen LogP contribution in [0, 0.1) is 5.92 Å². The van der Waals surface area contributed by atoms with E-state index < -0.39 is 0 Å². The van der Waals surface area contributed by atoms with Gasteiger partial charge in [0, 0.05) is 37.7 Å². The monoisotopic (exact) mass is 406 g/mol. The maximum atomic E-state index is 12.9. The largest absolute Gasteiger partial charge is 0.372 e. The highest BCUT2D eigenvalue weighted by Crippen LogP contribution is 2.24. The molecule has 2 aliphatic heterocycles. The van der Waals surface area contributed by atoms with E-state index in [9.17, 15) is 9.59 Å². The molecular formula is C25H30N2O3. The summed E-state index contributed by atoms with van der Waals surface area (Å²) in [5.74, 6) is 0.275. The quantitative estimate of drug-likeness (QED) is 0.778. The minimum absolute atomic E-state index is 0.00649. The van der Waals surface area contributed by atoms with E-state index in [1.54, 1.807) is 0 Å². The molecule has 2 aromatic carbocycles. The van der Waals surface area contributed by atoms with Gasteiger partial charge >= 0.3 is 0 Å². The number of likely N-dealkylation sites (tertiary alicyclic amines) is 1. The SMILES string of the molecule is CC1CN(C(=O)C2CCN(C(=O)c3ccc(-c4ccccc4)cc3)CC2)CC(C)O1. The Bertz CT molecular complexity index is 863. The molecule has 2 heterocycles. The highest BCUT2D eigenvalue weighted by Gasteiger charge is 2.33. The third-order valence-electron chi connectivity index (χ3n) is 6.10. The zero-order chi connectivity index (χ0) is 21.1. The third kappa shape index (κ3) is 4.57. The molecule has 30 heavy (non-hydrogen) atoms. The van der Waals surface area contributed by atoms with Crippen molar-refractivity contribution in [2.75, 3.05) is 26.2 Å². The first kappa shape index (κ1) is 20.6. The summed E-state index contributed by atoms with van der Waals surface area (Å²) in [5.41, 5.74) is 2.95. The average Bonchev–Trinajstić information content (AvgIpc) is 2.78. The van der Waals surface area contributed by atoms with Crippen LogP contribution in [0.2, 0.25) is 0 Å². The van der Waals surface area contributed by atoms with Gasteiger partial charge in [0.1, 0.15) is 0 Å². The van der Waals surface area contributed by atoms with Crippen LogP contribution in [0.5, 0.6) is 0 Å². The van der Waals surface area contributed by atoms with Gasteiger partial charge in [0.2, 0.25) is 5.91 Å². The summed E-state index contributed by atoms with van der Waals surface area (Å²) in [6.07, 6.45) is 1.62. The molecular weight excluding hydrogens is 376 g/mol. The van der Waals surface area contributed by atoms with E-state index in [2.05, 4.69) is 12.1 Å². The van der Waals surface area contributed by atoms with Crippen LogP contribution in [-0.4, -0.2) is 60.0 Å². The van der Waals surface area contributed by atoms with E-state index in [0.29, 0.717) is 31.7 Å². The molecule has 0 aliphatic carbocycles. The van der Waals surface area contributed by atoms with Crippen molar-refractivity contribution >= 4 is 11.8 Å². The molecule has 2 aromatic rings. The van der Waals surface area contributed by atoms with Crippen molar-refractivity contribution in [3.05, 3.63) is 60.2 Å². The van der Waals surface area contributed by atoms with Crippen LogP contribution < -0.4 is 0 Å². The van der Waals surface area contributed by atoms with Gasteiger partial charge in [-0.3, -0.25) is 9.59 Å². The van der Waals surface area contributed by atoms with Gasteiger partial charge in [-0.1, -0.05) is 42.5 Å². The van der Waals surface area contributed by atoms with Gasteiger partial charge in [0.15, 0.2) is 0 Å². The van der Waals surface area contributed by atoms with Crippen LogP contribution >= 0.6 is 0 Å². The summed E-state index contributed by atoms with van der Waals surface area (Å²) in [4.78, 5) is 29.7. The molecule has 5 heteroatoms. The lowest BCUT2D eigenvalue weighted by molar-refractivity contribution is -0.148. The Balaban J connectivity index is 1.33. The zero-order valence-corrected chi connectivity index (χ0v) is 17.8. The Morgan fingerprint density at radius 3 is 1.97 bits per heavy atom. The number of nitrogens with zero attached hydrogens (tertiary/aromatic N) is 2. The van der Waals surface area contributed by atoms with Gasteiger partial charge in [0.25, 0.3) is 5.91 Å². The van der Waals surface area contributed by atoms with Gasteiger partial charge in [-0.15, -0.1) is 0 Å². The summed E-state index contributed by atoms with van der Waals surface area (Å²) >= 11 is 0. The fraction of sp³-hybridized carbons (Fsp3) is 0.440. The second-order valence-corrected chi connectivity index (χ2v) is 8.51. The van der Waals surface area contributed by atoms with Crippen molar-refractivity contribution in [3.63, 3.8) is 0 Å². The molecule has 0 radical (unpaired) electrons. The maximum absolute atomic E-state index is 12.9. The number of hydrogen-bond acceptors (Lipinski definition) is 3. The molecule has 2 unspecified atom stereocenters. The number of carbonyl (C=O) groups excluding carboxylic acids is 2. The molecule has 0 saturated carbocycles. The molecule has 158 valence electrons. The molecule has 2 fully saturated rings. The lowest BCUT2D eigenvalue weighted by Gasteiger charge is -2.39. The summed E-state index contributed by atoms with van der Waals surface area (Å²) in [5, 5.41) is 0. The first-order valence-corrected chi connectivity index (χ1v) is 10.9. The summed E-state index contributed by atoms with van der Waals surface area (Å²) in [7, 11) is 0. The molecule has 2 amide bonds. The number of piperidine rings is 1. The molecule has 0 spiro atoms. The van der Waals surface area contributed by atoms with Crippen molar-refractivity contribution in [3.8, 4) is 11.1 Å². The lowest BCUT2D eigenvalue weighted by Crippen LogP contribution is -2.51. The van der Waals surface area contributed by atoms with E-state index in [0.717, 1.165) is 24.0 Å². The maximum Gasteiger partial charge on any atom is 0.253 e. The van der Waals surface area contributed by atoms with E-state index >= 15 is 0 Å². The highest BCUT2D eigenvalue weighted by atomic mass is 16.5. The summed E-state index contributed by atoms with van der Waals surface area (Å²) in [6.45, 7) is 6.61. The van der Waals surface area contributed by atoms with Crippen LogP contribution in [0.1, 0.15) is 37.0 Å². The first-order chi connectivity index (χ1) is 14.5. The Labute approximate surface area is 178 Å². The van der Waals surface area contributed by atoms with Crippen molar-refractivity contribution in [1.82, 2.24) is 9.80 Å². The number of amides is 2. The van der Waals surface area contributed by atoms with Crippen LogP contribution in [0.25, 0.3) is 11.1 Å². The van der Waals surface area contributed by atoms with Crippen molar-refractivity contribution < 1.29 is 14.3 Å². The summed E-state index contributed by atoms with van der Waals surface area (Å²) in [6, 6.07) is 17.9. The van der Waals surface area contributed by atoms with E-state index in [4.69, 9.17) is 4.74 Å². The zero-order valence-electron chi connectivity index (χ0n) is 17.8. The van der Waals surface area contributed by atoms with Gasteiger partial charge in [0.05, 0.1) is 12.2 Å². The highest BCUT2D eigenvalue weighted by molar-refractivity contribution is 5.95. The van der Waals surface area contributed by atoms with Crippen LogP contribution in [0.4, 0.5) is 0 Å². The van der Waals surface area contributed by atoms with E-state index in [-0.39, 0.29) is 29.9 Å². The number of rotatable bonds is 3. The third-order valence-corrected chi connectivity index (χ3v) is 6.10. The van der Waals surface area contributed by atoms with Crippen LogP contribution in [-0.2, 0) is 9.53 Å². The molecule has 2 aliphatic rings. The Morgan fingerprint density at radius 1 is 0.800 bits per heavy atom. The summed E-state index contributed by atoms with van der Waals surface area (Å²) < 4.78 is 5.74. The number of benzene rings is 2. The minimum Gasteiger partial charge on any atom is -0.372 e. The number of hydrogen-bond donors (Lipinski definition) is 0. The molecule has 4 rings (SSSR count). The number of morpholine rings is 1. The molecule has 2 atom stereocenters. The number of ether oxygens (including phenoxy) is 1. The molecule has 0 aromatic heterocycles. The molecule has 2 saturated heterocycles. The predicted molar refractivity (Wildman–Crippen MR) is 117 cm³/mol. The van der Waals surface area contributed by atoms with E-state index in [1.807, 2.05) is 66.1 Å². The van der Waals surface area contributed by atoms with Crippen molar-refractivity contribution in [2.45, 2.75) is 38.9 Å². The van der Waals surface area contributed by atoms with Gasteiger partial charge in [-0.25, -0.2) is 0 Å². The smallest absolute Gasteiger partial charge is 0.253 e. The van der Waals surface area contributed by atoms with Crippen LogP contribution in [0.15, 0.2) is 54.6 Å². The molecule has 5 nitrogen and oxygen atoms in total. The fourth-order valence-corrected chi connectivity index (χ4v) is 4.56. The minimum atomic E-state index is 0.00649. The van der Waals surface area contributed by atoms with Crippen molar-refractivity contribution in [2.24, 2.45) is 5.92 Å². The van der Waals surface area contributed by atoms with Crippen molar-refractivity contribution in [1.29, 1.82) is 0 Å². The van der Waals surface area contributed by atoms with Gasteiger partial charge < -0.3 is 14.5 Å². The topological polar surface area (TPSA) is 49.9 Å². The first-order valence-electron chi connectivity index (χ1n) is 10.9. The fourth-order valence-electron chi connectivity index (χ4n) is 4.56. The molecule has 0 N–H and O–H groups in total. The van der Waals surface area contributed by atoms with E-state index in [1.165, 1.54) is 0 Å². The lowest BCUT2D eigenvalue weighted by atomic mass is 9.94. The normalized spacial score (nSPS) is 22.7. The van der Waals surface area contributed by atoms with Gasteiger partial charge in [-0.2, -0.15) is 0 Å². The second-order valence-electron chi connectivity index (χ2n) is 8.51. The Hall–Kier alpha value is -2.66. The number of carbonyl (C=O) groups is 2. The predicted octanol–water partition coefficient (Wildman–Crippen LogP) is 3.84. The Kier molecular flexibility index (Phi) is 6.18.